The van der Waals surface area contributed by atoms with Crippen LogP contribution in [0.25, 0.3) is 0 Å². The van der Waals surface area contributed by atoms with Crippen LogP contribution in [0, 0.1) is 13.8 Å². The average molecular weight is 211 g/mol. The van der Waals surface area contributed by atoms with E-state index in [4.69, 9.17) is 10.2 Å². The molecule has 0 aliphatic carbocycles. The van der Waals surface area contributed by atoms with E-state index in [0.717, 1.165) is 17.1 Å². The van der Waals surface area contributed by atoms with Crippen molar-refractivity contribution in [2.45, 2.75) is 32.7 Å². The van der Waals surface area contributed by atoms with Crippen molar-refractivity contribution < 1.29 is 13.9 Å². The van der Waals surface area contributed by atoms with Crippen LogP contribution in [0.4, 0.5) is 0 Å². The van der Waals surface area contributed by atoms with Crippen LogP contribution in [-0.2, 0) is 9.53 Å². The van der Waals surface area contributed by atoms with Gasteiger partial charge in [0.2, 0.25) is 0 Å². The molecule has 0 spiro atoms. The van der Waals surface area contributed by atoms with Crippen molar-refractivity contribution >= 4 is 5.97 Å². The largest absolute Gasteiger partial charge is 0.469 e. The van der Waals surface area contributed by atoms with Gasteiger partial charge in [0.05, 0.1) is 7.11 Å². The summed E-state index contributed by atoms with van der Waals surface area (Å²) in [5, 5.41) is 0. The van der Waals surface area contributed by atoms with E-state index in [0.29, 0.717) is 12.8 Å². The summed E-state index contributed by atoms with van der Waals surface area (Å²) in [6.45, 7) is 3.75. The van der Waals surface area contributed by atoms with Crippen molar-refractivity contribution in [1.82, 2.24) is 0 Å². The minimum atomic E-state index is -0.233. The molecule has 1 atom stereocenters. The molecule has 0 saturated carbocycles. The van der Waals surface area contributed by atoms with Gasteiger partial charge in [-0.15, -0.1) is 0 Å². The fraction of sp³-hybridized carbons (Fsp3) is 0.545. The minimum absolute atomic E-state index is 0.165. The van der Waals surface area contributed by atoms with Gasteiger partial charge in [-0.1, -0.05) is 0 Å². The zero-order valence-electron chi connectivity index (χ0n) is 9.37. The van der Waals surface area contributed by atoms with Crippen LogP contribution in [0.5, 0.6) is 0 Å². The van der Waals surface area contributed by atoms with Crippen molar-refractivity contribution in [3.8, 4) is 0 Å². The molecule has 0 aliphatic rings. The maximum atomic E-state index is 10.9. The van der Waals surface area contributed by atoms with Crippen LogP contribution in [0.15, 0.2) is 10.5 Å². The average Bonchev–Trinajstić information content (AvgIpc) is 2.53. The Morgan fingerprint density at radius 3 is 2.73 bits per heavy atom. The number of rotatable bonds is 4. The molecule has 1 unspecified atom stereocenters. The summed E-state index contributed by atoms with van der Waals surface area (Å²) in [7, 11) is 1.38. The number of esters is 1. The maximum absolute atomic E-state index is 10.9. The Morgan fingerprint density at radius 1 is 1.60 bits per heavy atom. The molecular weight excluding hydrogens is 194 g/mol. The quantitative estimate of drug-likeness (QED) is 0.772. The number of carbonyl (C=O) groups is 1. The van der Waals surface area contributed by atoms with E-state index in [9.17, 15) is 4.79 Å². The summed E-state index contributed by atoms with van der Waals surface area (Å²) in [6, 6.07) is 1.75. The van der Waals surface area contributed by atoms with Gasteiger partial charge in [-0.3, -0.25) is 4.79 Å². The first-order valence-corrected chi connectivity index (χ1v) is 4.94. The molecule has 0 saturated heterocycles. The van der Waals surface area contributed by atoms with Gasteiger partial charge in [0.1, 0.15) is 11.5 Å². The molecule has 4 heteroatoms. The summed E-state index contributed by atoms with van der Waals surface area (Å²) in [5.41, 5.74) is 6.91. The molecule has 0 aliphatic heterocycles. The molecule has 1 heterocycles. The molecule has 0 radical (unpaired) electrons. The van der Waals surface area contributed by atoms with Gasteiger partial charge in [0, 0.05) is 18.0 Å². The molecule has 1 aromatic heterocycles. The number of carbonyl (C=O) groups excluding carboxylic acids is 1. The predicted molar refractivity (Wildman–Crippen MR) is 56.4 cm³/mol. The second-order valence-electron chi connectivity index (χ2n) is 3.59. The van der Waals surface area contributed by atoms with E-state index in [1.54, 1.807) is 0 Å². The smallest absolute Gasteiger partial charge is 0.305 e. The number of hydrogen-bond donors (Lipinski definition) is 1. The lowest BCUT2D eigenvalue weighted by Crippen LogP contribution is -2.13. The first kappa shape index (κ1) is 11.8. The van der Waals surface area contributed by atoms with Crippen LogP contribution < -0.4 is 5.73 Å². The van der Waals surface area contributed by atoms with E-state index in [2.05, 4.69) is 4.74 Å². The Hall–Kier alpha value is -1.29. The fourth-order valence-corrected chi connectivity index (χ4v) is 1.55. The molecule has 84 valence electrons. The molecule has 4 nitrogen and oxygen atoms in total. The van der Waals surface area contributed by atoms with Crippen molar-refractivity contribution in [3.05, 3.63) is 23.2 Å². The minimum Gasteiger partial charge on any atom is -0.469 e. The number of nitrogens with two attached hydrogens (primary N) is 1. The van der Waals surface area contributed by atoms with E-state index in [1.165, 1.54) is 7.11 Å². The highest BCUT2D eigenvalue weighted by Crippen LogP contribution is 2.23. The number of methoxy groups -OCH3 is 1. The second-order valence-corrected chi connectivity index (χ2v) is 3.59. The van der Waals surface area contributed by atoms with Crippen molar-refractivity contribution in [3.63, 3.8) is 0 Å². The summed E-state index contributed by atoms with van der Waals surface area (Å²) < 4.78 is 9.93. The van der Waals surface area contributed by atoms with Gasteiger partial charge in [-0.2, -0.15) is 0 Å². The Balaban J connectivity index is 2.57. The molecule has 0 bridgehead atoms. The monoisotopic (exact) mass is 211 g/mol. The second kappa shape index (κ2) is 4.98. The summed E-state index contributed by atoms with van der Waals surface area (Å²) >= 11 is 0. The van der Waals surface area contributed by atoms with Crippen molar-refractivity contribution in [1.29, 1.82) is 0 Å². The van der Waals surface area contributed by atoms with Gasteiger partial charge in [0.15, 0.2) is 0 Å². The molecule has 1 rings (SSSR count). The standard InChI is InChI=1S/C11H17NO3/c1-7-6-9(8(2)15-7)10(12)4-5-11(13)14-3/h6,10H,4-5,12H2,1-3H3. The lowest BCUT2D eigenvalue weighted by molar-refractivity contribution is -0.140. The van der Waals surface area contributed by atoms with Gasteiger partial charge >= 0.3 is 5.97 Å². The maximum Gasteiger partial charge on any atom is 0.305 e. The summed E-state index contributed by atoms with van der Waals surface area (Å²) in [4.78, 5) is 10.9. The molecule has 0 amide bonds. The third-order valence-electron chi connectivity index (χ3n) is 2.37. The van der Waals surface area contributed by atoms with Crippen LogP contribution >= 0.6 is 0 Å². The third-order valence-corrected chi connectivity index (χ3v) is 2.37. The van der Waals surface area contributed by atoms with Crippen LogP contribution in [-0.4, -0.2) is 13.1 Å². The zero-order valence-corrected chi connectivity index (χ0v) is 9.37. The Labute approximate surface area is 89.4 Å². The molecule has 0 fully saturated rings. The van der Waals surface area contributed by atoms with Crippen LogP contribution in [0.2, 0.25) is 0 Å². The number of aryl methyl sites for hydroxylation is 2. The summed E-state index contributed by atoms with van der Waals surface area (Å²) in [5.74, 6) is 1.43. The SMILES string of the molecule is COC(=O)CCC(N)c1cc(C)oc1C. The van der Waals surface area contributed by atoms with Gasteiger partial charge in [-0.05, 0) is 26.3 Å². The van der Waals surface area contributed by atoms with Crippen molar-refractivity contribution in [2.75, 3.05) is 7.11 Å². The van der Waals surface area contributed by atoms with Crippen molar-refractivity contribution in [2.24, 2.45) is 5.73 Å². The van der Waals surface area contributed by atoms with E-state index in [1.807, 2.05) is 19.9 Å². The lowest BCUT2D eigenvalue weighted by Gasteiger charge is -2.09. The summed E-state index contributed by atoms with van der Waals surface area (Å²) in [6.07, 6.45) is 0.911. The van der Waals surface area contributed by atoms with Gasteiger partial charge in [-0.25, -0.2) is 0 Å². The van der Waals surface area contributed by atoms with E-state index in [-0.39, 0.29) is 12.0 Å². The Morgan fingerprint density at radius 2 is 2.27 bits per heavy atom. The van der Waals surface area contributed by atoms with Gasteiger partial charge < -0.3 is 14.9 Å². The Kier molecular flexibility index (Phi) is 3.91. The molecule has 2 N–H and O–H groups in total. The highest BCUT2D eigenvalue weighted by Gasteiger charge is 2.14. The molecule has 15 heavy (non-hydrogen) atoms. The van der Waals surface area contributed by atoms with E-state index >= 15 is 0 Å². The predicted octanol–water partition coefficient (Wildman–Crippen LogP) is 1.85. The first-order valence-electron chi connectivity index (χ1n) is 4.94. The fourth-order valence-electron chi connectivity index (χ4n) is 1.55. The normalized spacial score (nSPS) is 12.5. The molecule has 0 aromatic carbocycles. The highest BCUT2D eigenvalue weighted by atomic mass is 16.5. The van der Waals surface area contributed by atoms with Gasteiger partial charge in [0.25, 0.3) is 0 Å². The zero-order chi connectivity index (χ0) is 11.4. The topological polar surface area (TPSA) is 65.5 Å². The highest BCUT2D eigenvalue weighted by molar-refractivity contribution is 5.69. The van der Waals surface area contributed by atoms with Crippen LogP contribution in [0.1, 0.15) is 36.0 Å². The number of ether oxygens (including phenoxy) is 1. The third kappa shape index (κ3) is 3.09. The lowest BCUT2D eigenvalue weighted by atomic mass is 10.0. The molecular formula is C11H17NO3. The molecule has 1 aromatic rings. The van der Waals surface area contributed by atoms with Crippen LogP contribution in [0.3, 0.4) is 0 Å². The Bertz CT molecular complexity index is 344. The number of hydrogen-bond acceptors (Lipinski definition) is 4. The van der Waals surface area contributed by atoms with E-state index < -0.39 is 0 Å². The number of furan rings is 1. The first-order chi connectivity index (χ1) is 7.04.